The number of amides is 1. The molecule has 0 spiro atoms. The molecule has 0 bridgehead atoms. The van der Waals surface area contributed by atoms with Crippen molar-refractivity contribution < 1.29 is 18.0 Å². The topological polar surface area (TPSA) is 83.9 Å². The summed E-state index contributed by atoms with van der Waals surface area (Å²) < 4.78 is 38.3. The second-order valence-electron chi connectivity index (χ2n) is 8.43. The Labute approximate surface area is 195 Å². The largest absolute Gasteiger partial charge is 0.419 e. The van der Waals surface area contributed by atoms with E-state index < -0.39 is 11.7 Å². The first-order valence-electron chi connectivity index (χ1n) is 11.1. The van der Waals surface area contributed by atoms with E-state index in [1.165, 1.54) is 0 Å². The summed E-state index contributed by atoms with van der Waals surface area (Å²) in [6.07, 6.45) is 2.09. The molecule has 0 aliphatic carbocycles. The van der Waals surface area contributed by atoms with Crippen molar-refractivity contribution in [3.05, 3.63) is 65.7 Å². The lowest BCUT2D eigenvalue weighted by atomic mass is 9.89. The molecular weight excluding hydrogens is 445 g/mol. The number of aryl methyl sites for hydroxylation is 1. The number of rotatable bonds is 5. The van der Waals surface area contributed by atoms with E-state index in [9.17, 15) is 18.0 Å². The molecule has 1 fully saturated rings. The van der Waals surface area contributed by atoms with E-state index in [0.717, 1.165) is 30.8 Å². The van der Waals surface area contributed by atoms with Crippen LogP contribution in [-0.2, 0) is 6.18 Å². The maximum absolute atomic E-state index is 13.8. The molecule has 10 heteroatoms. The fourth-order valence-electron chi connectivity index (χ4n) is 4.30. The molecule has 1 aliphatic rings. The van der Waals surface area contributed by atoms with Crippen LogP contribution < -0.4 is 5.32 Å². The van der Waals surface area contributed by atoms with Gasteiger partial charge in [-0.2, -0.15) is 13.2 Å². The molecule has 3 heterocycles. The first kappa shape index (κ1) is 23.6. The lowest BCUT2D eigenvalue weighted by Crippen LogP contribution is -2.51. The van der Waals surface area contributed by atoms with Gasteiger partial charge in [-0.25, -0.2) is 19.9 Å². The molecule has 1 N–H and O–H groups in total. The number of alkyl halides is 3. The SMILES string of the molecule is Cc1cccc(C(=O)N2CCCC(C)[C@H]2CNc2ncc(C(F)(F)F)cn2)c1-c1ncccn1. The second-order valence-corrected chi connectivity index (χ2v) is 8.43. The lowest BCUT2D eigenvalue weighted by molar-refractivity contribution is -0.138. The highest BCUT2D eigenvalue weighted by molar-refractivity contribution is 6.01. The highest BCUT2D eigenvalue weighted by atomic mass is 19.4. The number of aromatic nitrogens is 4. The maximum Gasteiger partial charge on any atom is 0.419 e. The van der Waals surface area contributed by atoms with Crippen LogP contribution in [0.5, 0.6) is 0 Å². The van der Waals surface area contributed by atoms with E-state index >= 15 is 0 Å². The predicted molar refractivity (Wildman–Crippen MR) is 121 cm³/mol. The van der Waals surface area contributed by atoms with E-state index in [4.69, 9.17) is 0 Å². The third-order valence-electron chi connectivity index (χ3n) is 6.12. The third-order valence-corrected chi connectivity index (χ3v) is 6.12. The molecule has 1 unspecified atom stereocenters. The normalized spacial score (nSPS) is 18.6. The molecule has 1 saturated heterocycles. The van der Waals surface area contributed by atoms with Crippen LogP contribution in [0.25, 0.3) is 11.4 Å². The molecule has 7 nitrogen and oxygen atoms in total. The molecule has 4 rings (SSSR count). The van der Waals surface area contributed by atoms with Crippen molar-refractivity contribution in [3.8, 4) is 11.4 Å². The average molecular weight is 470 g/mol. The molecule has 3 aromatic rings. The minimum atomic E-state index is -4.49. The zero-order valence-corrected chi connectivity index (χ0v) is 18.9. The van der Waals surface area contributed by atoms with E-state index in [0.29, 0.717) is 30.0 Å². The fraction of sp³-hybridized carbons (Fsp3) is 0.375. The van der Waals surface area contributed by atoms with Crippen molar-refractivity contribution in [2.45, 2.75) is 38.9 Å². The van der Waals surface area contributed by atoms with E-state index in [-0.39, 0.29) is 23.8 Å². The highest BCUT2D eigenvalue weighted by Crippen LogP contribution is 2.31. The number of halogens is 3. The van der Waals surface area contributed by atoms with Crippen LogP contribution in [0.2, 0.25) is 0 Å². The van der Waals surface area contributed by atoms with Crippen LogP contribution in [-0.4, -0.2) is 49.9 Å². The molecule has 2 aromatic heterocycles. The molecule has 2 atom stereocenters. The lowest BCUT2D eigenvalue weighted by Gasteiger charge is -2.40. The number of nitrogens with one attached hydrogen (secondary N) is 1. The molecule has 1 aliphatic heterocycles. The molecule has 1 amide bonds. The number of hydrogen-bond acceptors (Lipinski definition) is 6. The first-order valence-corrected chi connectivity index (χ1v) is 11.1. The van der Waals surface area contributed by atoms with E-state index in [1.54, 1.807) is 24.5 Å². The second kappa shape index (κ2) is 9.74. The number of benzene rings is 1. The Kier molecular flexibility index (Phi) is 6.76. The van der Waals surface area contributed by atoms with Gasteiger partial charge in [-0.1, -0.05) is 19.1 Å². The van der Waals surface area contributed by atoms with Gasteiger partial charge in [-0.15, -0.1) is 0 Å². The van der Waals surface area contributed by atoms with Crippen molar-refractivity contribution >= 4 is 11.9 Å². The summed E-state index contributed by atoms with van der Waals surface area (Å²) in [5.41, 5.74) is 1.21. The molecule has 1 aromatic carbocycles. The minimum Gasteiger partial charge on any atom is -0.352 e. The zero-order valence-electron chi connectivity index (χ0n) is 18.9. The Bertz CT molecular complexity index is 1140. The Morgan fingerprint density at radius 1 is 1.12 bits per heavy atom. The van der Waals surface area contributed by atoms with Crippen molar-refractivity contribution in [2.75, 3.05) is 18.4 Å². The van der Waals surface area contributed by atoms with Gasteiger partial charge in [0.15, 0.2) is 5.82 Å². The number of carbonyl (C=O) groups is 1. The van der Waals surface area contributed by atoms with Crippen molar-refractivity contribution in [3.63, 3.8) is 0 Å². The molecule has 0 saturated carbocycles. The summed E-state index contributed by atoms with van der Waals surface area (Å²) in [5.74, 6) is 0.632. The number of hydrogen-bond donors (Lipinski definition) is 1. The molecule has 0 radical (unpaired) electrons. The smallest absolute Gasteiger partial charge is 0.352 e. The zero-order chi connectivity index (χ0) is 24.3. The number of piperidine rings is 1. The van der Waals surface area contributed by atoms with Crippen LogP contribution in [0.3, 0.4) is 0 Å². The summed E-state index contributed by atoms with van der Waals surface area (Å²) in [4.78, 5) is 31.8. The molecule has 178 valence electrons. The Morgan fingerprint density at radius 3 is 2.50 bits per heavy atom. The van der Waals surface area contributed by atoms with Gasteiger partial charge in [0.2, 0.25) is 5.95 Å². The number of carbonyl (C=O) groups excluding carboxylic acids is 1. The summed E-state index contributed by atoms with van der Waals surface area (Å²) in [7, 11) is 0. The predicted octanol–water partition coefficient (Wildman–Crippen LogP) is 4.61. The Balaban J connectivity index is 1.57. The minimum absolute atomic E-state index is 0.0899. The highest BCUT2D eigenvalue weighted by Gasteiger charge is 2.34. The van der Waals surface area contributed by atoms with Gasteiger partial charge in [0, 0.05) is 43.4 Å². The van der Waals surface area contributed by atoms with Gasteiger partial charge in [0.25, 0.3) is 5.91 Å². The first-order chi connectivity index (χ1) is 16.3. The van der Waals surface area contributed by atoms with Crippen LogP contribution in [0.4, 0.5) is 19.1 Å². The van der Waals surface area contributed by atoms with Gasteiger partial charge < -0.3 is 10.2 Å². The van der Waals surface area contributed by atoms with E-state index in [2.05, 4.69) is 32.2 Å². The maximum atomic E-state index is 13.8. The monoisotopic (exact) mass is 470 g/mol. The summed E-state index contributed by atoms with van der Waals surface area (Å²) in [5, 5.41) is 3.01. The Hall–Kier alpha value is -3.56. The number of likely N-dealkylation sites (tertiary alicyclic amines) is 1. The van der Waals surface area contributed by atoms with E-state index in [1.807, 2.05) is 24.0 Å². The van der Waals surface area contributed by atoms with Gasteiger partial charge >= 0.3 is 6.18 Å². The quantitative estimate of drug-likeness (QED) is 0.586. The number of nitrogens with zero attached hydrogens (tertiary/aromatic N) is 5. The van der Waals surface area contributed by atoms with Crippen molar-refractivity contribution in [1.29, 1.82) is 0 Å². The standard InChI is InChI=1S/C24H25F3N6O/c1-15-7-4-11-33(19(15)14-32-23-30-12-17(13-31-23)24(25,26)27)22(34)18-8-3-6-16(2)20(18)21-28-9-5-10-29-21/h3,5-6,8-10,12-13,15,19H,4,7,11,14H2,1-2H3,(H,30,31,32)/t15?,19-/m1/s1. The summed E-state index contributed by atoms with van der Waals surface area (Å²) >= 11 is 0. The summed E-state index contributed by atoms with van der Waals surface area (Å²) in [6.45, 7) is 4.88. The average Bonchev–Trinajstić information content (AvgIpc) is 2.83. The molecule has 34 heavy (non-hydrogen) atoms. The number of anilines is 1. The van der Waals surface area contributed by atoms with Gasteiger partial charge in [-0.05, 0) is 43.4 Å². The van der Waals surface area contributed by atoms with Crippen LogP contribution in [0.15, 0.2) is 49.1 Å². The van der Waals surface area contributed by atoms with Gasteiger partial charge in [0.1, 0.15) is 0 Å². The fourth-order valence-corrected chi connectivity index (χ4v) is 4.30. The Morgan fingerprint density at radius 2 is 1.82 bits per heavy atom. The van der Waals surface area contributed by atoms with Gasteiger partial charge in [-0.3, -0.25) is 4.79 Å². The van der Waals surface area contributed by atoms with Crippen molar-refractivity contribution in [2.24, 2.45) is 5.92 Å². The van der Waals surface area contributed by atoms with Crippen LogP contribution in [0, 0.1) is 12.8 Å². The molecular formula is C24H25F3N6O. The van der Waals surface area contributed by atoms with Gasteiger partial charge in [0.05, 0.1) is 17.2 Å². The summed E-state index contributed by atoms with van der Waals surface area (Å²) in [6, 6.07) is 7.08. The van der Waals surface area contributed by atoms with Crippen LogP contribution >= 0.6 is 0 Å². The van der Waals surface area contributed by atoms with Crippen molar-refractivity contribution in [1.82, 2.24) is 24.8 Å². The third kappa shape index (κ3) is 5.00. The van der Waals surface area contributed by atoms with Crippen LogP contribution in [0.1, 0.15) is 41.3 Å².